The topological polar surface area (TPSA) is 12.0 Å². The molecule has 1 atom stereocenters. The summed E-state index contributed by atoms with van der Waals surface area (Å²) in [7, 11) is 0. The van der Waals surface area contributed by atoms with Crippen molar-refractivity contribution in [1.29, 1.82) is 0 Å². The molecule has 0 aromatic heterocycles. The van der Waals surface area contributed by atoms with E-state index >= 15 is 0 Å². The Morgan fingerprint density at radius 3 is 2.43 bits per heavy atom. The molecule has 0 amide bonds. The molecule has 1 heteroatoms. The Hall–Kier alpha value is -0.300. The molecule has 0 rings (SSSR count). The van der Waals surface area contributed by atoms with E-state index in [0.29, 0.717) is 6.04 Å². The largest absolute Gasteiger partial charge is 0.306 e. The van der Waals surface area contributed by atoms with E-state index in [1.54, 1.807) is 0 Å². The Morgan fingerprint density at radius 2 is 1.86 bits per heavy atom. The highest BCUT2D eigenvalue weighted by Crippen LogP contribution is 2.05. The van der Waals surface area contributed by atoms with Crippen LogP contribution in [0.3, 0.4) is 0 Å². The summed E-state index contributed by atoms with van der Waals surface area (Å²) >= 11 is 0. The van der Waals surface area contributed by atoms with Crippen LogP contribution in [0, 0.1) is 6.54 Å². The molecule has 1 nitrogen and oxygen atoms in total. The number of hydrogen-bond acceptors (Lipinski definition) is 1. The van der Waals surface area contributed by atoms with Gasteiger partial charge in [0.1, 0.15) is 0 Å². The van der Waals surface area contributed by atoms with Crippen molar-refractivity contribution >= 4 is 0 Å². The van der Waals surface area contributed by atoms with Gasteiger partial charge in [-0.3, -0.25) is 0 Å². The van der Waals surface area contributed by atoms with E-state index in [2.05, 4.69) is 32.3 Å². The number of nitrogens with one attached hydrogen (secondary N) is 1. The van der Waals surface area contributed by atoms with Crippen LogP contribution in [0.5, 0.6) is 0 Å². The van der Waals surface area contributed by atoms with Crippen LogP contribution < -0.4 is 5.32 Å². The number of hydrogen-bond donors (Lipinski definition) is 1. The van der Waals surface area contributed by atoms with Crippen molar-refractivity contribution in [2.45, 2.75) is 64.8 Å². The van der Waals surface area contributed by atoms with Gasteiger partial charge in [0.25, 0.3) is 0 Å². The smallest absolute Gasteiger partial charge is 0.0250 e. The molecule has 0 aliphatic heterocycles. The SMILES string of the molecule is C=CC(CCCCC)N[CH]CCCC. The first kappa shape index (κ1) is 13.7. The zero-order valence-electron chi connectivity index (χ0n) is 9.89. The predicted molar refractivity (Wildman–Crippen MR) is 65.1 cm³/mol. The van der Waals surface area contributed by atoms with Gasteiger partial charge in [-0.15, -0.1) is 6.58 Å². The second-order valence-corrected chi connectivity index (χ2v) is 3.85. The second-order valence-electron chi connectivity index (χ2n) is 3.85. The van der Waals surface area contributed by atoms with Gasteiger partial charge in [0.15, 0.2) is 0 Å². The lowest BCUT2D eigenvalue weighted by atomic mass is 10.1. The maximum Gasteiger partial charge on any atom is 0.0250 e. The molecule has 14 heavy (non-hydrogen) atoms. The van der Waals surface area contributed by atoms with Gasteiger partial charge in [-0.05, 0) is 12.8 Å². The Morgan fingerprint density at radius 1 is 1.14 bits per heavy atom. The minimum Gasteiger partial charge on any atom is -0.306 e. The molecule has 1 N–H and O–H groups in total. The number of unbranched alkanes of at least 4 members (excludes halogenated alkanes) is 4. The zero-order chi connectivity index (χ0) is 10.6. The predicted octanol–water partition coefficient (Wildman–Crippen LogP) is 4.06. The maximum atomic E-state index is 3.86. The van der Waals surface area contributed by atoms with Crippen LogP contribution in [-0.2, 0) is 0 Å². The van der Waals surface area contributed by atoms with Gasteiger partial charge in [-0.2, -0.15) is 0 Å². The summed E-state index contributed by atoms with van der Waals surface area (Å²) in [4.78, 5) is 0. The molecule has 0 saturated carbocycles. The van der Waals surface area contributed by atoms with Crippen molar-refractivity contribution in [3.05, 3.63) is 19.2 Å². The molecule has 0 saturated heterocycles. The summed E-state index contributed by atoms with van der Waals surface area (Å²) in [6.45, 7) is 10.5. The molecular weight excluding hydrogens is 170 g/mol. The lowest BCUT2D eigenvalue weighted by Crippen LogP contribution is -2.24. The maximum absolute atomic E-state index is 3.86. The molecule has 0 spiro atoms. The summed E-state index contributed by atoms with van der Waals surface area (Å²) in [5.41, 5.74) is 0. The first-order chi connectivity index (χ1) is 6.85. The Labute approximate surface area is 90.0 Å². The van der Waals surface area contributed by atoms with Crippen LogP contribution in [0.1, 0.15) is 58.8 Å². The lowest BCUT2D eigenvalue weighted by Gasteiger charge is -2.13. The molecule has 83 valence electrons. The zero-order valence-corrected chi connectivity index (χ0v) is 9.89. The van der Waals surface area contributed by atoms with Crippen LogP contribution >= 0.6 is 0 Å². The van der Waals surface area contributed by atoms with Crippen LogP contribution in [-0.4, -0.2) is 6.04 Å². The second kappa shape index (κ2) is 10.8. The quantitative estimate of drug-likeness (QED) is 0.410. The fourth-order valence-electron chi connectivity index (χ4n) is 1.42. The Kier molecular flexibility index (Phi) is 10.5. The van der Waals surface area contributed by atoms with Gasteiger partial charge in [0.05, 0.1) is 0 Å². The van der Waals surface area contributed by atoms with Crippen molar-refractivity contribution < 1.29 is 0 Å². The van der Waals surface area contributed by atoms with Gasteiger partial charge < -0.3 is 5.32 Å². The Balaban J connectivity index is 3.33. The minimum absolute atomic E-state index is 0.485. The van der Waals surface area contributed by atoms with E-state index < -0.39 is 0 Å². The third kappa shape index (κ3) is 8.31. The standard InChI is InChI=1S/C13H26N/c1-4-7-9-11-13(6-3)14-12-10-8-5-2/h6,12-14H,3-5,7-11H2,1-2H3. The van der Waals surface area contributed by atoms with Gasteiger partial charge >= 0.3 is 0 Å². The highest BCUT2D eigenvalue weighted by Gasteiger charge is 2.01. The van der Waals surface area contributed by atoms with Crippen LogP contribution in [0.4, 0.5) is 0 Å². The first-order valence-corrected chi connectivity index (χ1v) is 6.05. The van der Waals surface area contributed by atoms with Crippen LogP contribution in [0.15, 0.2) is 12.7 Å². The molecule has 0 aromatic carbocycles. The summed E-state index contributed by atoms with van der Waals surface area (Å²) in [6.07, 6.45) is 10.9. The van der Waals surface area contributed by atoms with Crippen molar-refractivity contribution in [3.63, 3.8) is 0 Å². The fourth-order valence-corrected chi connectivity index (χ4v) is 1.42. The molecule has 0 aliphatic carbocycles. The molecule has 0 fully saturated rings. The highest BCUT2D eigenvalue weighted by atomic mass is 14.9. The van der Waals surface area contributed by atoms with E-state index in [1.807, 2.05) is 6.08 Å². The summed E-state index contributed by atoms with van der Waals surface area (Å²) in [5, 5.41) is 3.42. The van der Waals surface area contributed by atoms with E-state index in [4.69, 9.17) is 0 Å². The molecule has 1 radical (unpaired) electrons. The van der Waals surface area contributed by atoms with Crippen LogP contribution in [0.25, 0.3) is 0 Å². The molecule has 0 bridgehead atoms. The van der Waals surface area contributed by atoms with Crippen molar-refractivity contribution in [2.75, 3.05) is 0 Å². The van der Waals surface area contributed by atoms with Crippen LogP contribution in [0.2, 0.25) is 0 Å². The fraction of sp³-hybridized carbons (Fsp3) is 0.769. The van der Waals surface area contributed by atoms with E-state index in [1.165, 1.54) is 44.9 Å². The molecule has 1 unspecified atom stereocenters. The summed E-state index contributed by atoms with van der Waals surface area (Å²) in [6, 6.07) is 0.485. The van der Waals surface area contributed by atoms with Gasteiger partial charge in [-0.1, -0.05) is 52.0 Å². The van der Waals surface area contributed by atoms with Gasteiger partial charge in [0.2, 0.25) is 0 Å². The van der Waals surface area contributed by atoms with E-state index in [0.717, 1.165) is 0 Å². The van der Waals surface area contributed by atoms with Gasteiger partial charge in [-0.25, -0.2) is 0 Å². The molecule has 0 aromatic rings. The summed E-state index contributed by atoms with van der Waals surface area (Å²) in [5.74, 6) is 0. The lowest BCUT2D eigenvalue weighted by molar-refractivity contribution is 0.546. The molecular formula is C13H26N. The normalized spacial score (nSPS) is 12.7. The Bertz CT molecular complexity index is 120. The third-order valence-electron chi connectivity index (χ3n) is 2.44. The average molecular weight is 196 g/mol. The van der Waals surface area contributed by atoms with Gasteiger partial charge in [0, 0.05) is 12.6 Å². The van der Waals surface area contributed by atoms with E-state index in [-0.39, 0.29) is 0 Å². The first-order valence-electron chi connectivity index (χ1n) is 6.05. The minimum atomic E-state index is 0.485. The van der Waals surface area contributed by atoms with E-state index in [9.17, 15) is 0 Å². The highest BCUT2D eigenvalue weighted by molar-refractivity contribution is 4.87. The average Bonchev–Trinajstić information content (AvgIpc) is 2.22. The summed E-state index contributed by atoms with van der Waals surface area (Å²) < 4.78 is 0. The van der Waals surface area contributed by atoms with Crippen molar-refractivity contribution in [1.82, 2.24) is 5.32 Å². The van der Waals surface area contributed by atoms with Crippen molar-refractivity contribution in [3.8, 4) is 0 Å². The molecule has 0 heterocycles. The number of rotatable bonds is 10. The van der Waals surface area contributed by atoms with Crippen molar-refractivity contribution in [2.24, 2.45) is 0 Å². The third-order valence-corrected chi connectivity index (χ3v) is 2.44. The monoisotopic (exact) mass is 196 g/mol. The molecule has 0 aliphatic rings.